The van der Waals surface area contributed by atoms with Gasteiger partial charge in [0.05, 0.1) is 10.0 Å². The Kier molecular flexibility index (Phi) is 6.39. The van der Waals surface area contributed by atoms with Gasteiger partial charge in [-0.05, 0) is 38.0 Å². The summed E-state index contributed by atoms with van der Waals surface area (Å²) in [4.78, 5) is 23.0. The normalized spacial score (nSPS) is 15.4. The Balaban J connectivity index is 1.39. The maximum absolute atomic E-state index is 13.0. The lowest BCUT2D eigenvalue weighted by atomic mass is 10.1. The Morgan fingerprint density at radius 1 is 1.12 bits per heavy atom. The highest BCUT2D eigenvalue weighted by Gasteiger charge is 2.32. The van der Waals surface area contributed by atoms with Crippen molar-refractivity contribution < 1.29 is 13.2 Å². The quantitative estimate of drug-likeness (QED) is 0.537. The number of hydrogen-bond donors (Lipinski definition) is 0. The van der Waals surface area contributed by atoms with E-state index < -0.39 is 10.0 Å². The molecular weight excluding hydrogens is 475 g/mol. The molecule has 4 rings (SSSR count). The summed E-state index contributed by atoms with van der Waals surface area (Å²) in [5.41, 5.74) is 2.70. The molecule has 9 nitrogen and oxygen atoms in total. The van der Waals surface area contributed by atoms with Crippen LogP contribution in [0.4, 0.5) is 0 Å². The lowest BCUT2D eigenvalue weighted by Gasteiger charge is -2.34. The molecule has 1 aromatic carbocycles. The van der Waals surface area contributed by atoms with Crippen LogP contribution in [-0.2, 0) is 21.2 Å². The number of aryl methyl sites for hydroxylation is 2. The number of rotatable bonds is 5. The molecule has 1 amide bonds. The minimum atomic E-state index is -3.79. The molecule has 2 aromatic heterocycles. The average molecular weight is 497 g/mol. The molecule has 3 heterocycles. The van der Waals surface area contributed by atoms with Crippen LogP contribution in [0.5, 0.6) is 0 Å². The molecule has 0 atom stereocenters. The molecule has 12 heteroatoms. The van der Waals surface area contributed by atoms with Crippen LogP contribution in [0.2, 0.25) is 10.0 Å². The van der Waals surface area contributed by atoms with E-state index in [0.717, 1.165) is 17.0 Å². The summed E-state index contributed by atoms with van der Waals surface area (Å²) < 4.78 is 28.9. The third-order valence-electron chi connectivity index (χ3n) is 5.70. The van der Waals surface area contributed by atoms with Crippen LogP contribution in [0.3, 0.4) is 0 Å². The predicted octanol–water partition coefficient (Wildman–Crippen LogP) is 2.51. The van der Waals surface area contributed by atoms with E-state index in [2.05, 4.69) is 15.1 Å². The largest absolute Gasteiger partial charge is 0.340 e. The van der Waals surface area contributed by atoms with Crippen molar-refractivity contribution >= 4 is 44.9 Å². The summed E-state index contributed by atoms with van der Waals surface area (Å²) in [6, 6.07) is 4.53. The van der Waals surface area contributed by atoms with Gasteiger partial charge in [-0.3, -0.25) is 4.79 Å². The third kappa shape index (κ3) is 4.19. The van der Waals surface area contributed by atoms with Gasteiger partial charge in [0.1, 0.15) is 11.2 Å². The van der Waals surface area contributed by atoms with E-state index in [4.69, 9.17) is 23.2 Å². The lowest BCUT2D eigenvalue weighted by molar-refractivity contribution is -0.132. The summed E-state index contributed by atoms with van der Waals surface area (Å²) in [5, 5.41) is 4.37. The highest BCUT2D eigenvalue weighted by Crippen LogP contribution is 2.31. The molecule has 3 aromatic rings. The van der Waals surface area contributed by atoms with Gasteiger partial charge < -0.3 is 4.90 Å². The molecule has 1 saturated heterocycles. The second-order valence-electron chi connectivity index (χ2n) is 7.57. The van der Waals surface area contributed by atoms with Crippen molar-refractivity contribution in [2.75, 3.05) is 26.2 Å². The standard InChI is InChI=1S/C20H22Cl2N6O3S/c1-13-15(14(2)28-20(25-13)23-12-24-28)6-7-18(29)26-8-10-27(11-9-26)32(30,31)17-5-3-4-16(21)19(17)22/h3-5,12H,6-11H2,1-2H3. The van der Waals surface area contributed by atoms with Crippen LogP contribution in [0.25, 0.3) is 5.78 Å². The van der Waals surface area contributed by atoms with Gasteiger partial charge in [0, 0.05) is 44.0 Å². The fraction of sp³-hybridized carbons (Fsp3) is 0.400. The van der Waals surface area contributed by atoms with Crippen LogP contribution < -0.4 is 0 Å². The Bertz CT molecular complexity index is 1290. The molecule has 1 fully saturated rings. The number of hydrogen-bond acceptors (Lipinski definition) is 6. The molecule has 0 spiro atoms. The maximum Gasteiger partial charge on any atom is 0.252 e. The van der Waals surface area contributed by atoms with Crippen molar-refractivity contribution in [1.82, 2.24) is 28.8 Å². The highest BCUT2D eigenvalue weighted by atomic mass is 35.5. The summed E-state index contributed by atoms with van der Waals surface area (Å²) >= 11 is 12.1. The fourth-order valence-corrected chi connectivity index (χ4v) is 6.07. The summed E-state index contributed by atoms with van der Waals surface area (Å²) in [6.45, 7) is 4.85. The van der Waals surface area contributed by atoms with Gasteiger partial charge >= 0.3 is 0 Å². The minimum Gasteiger partial charge on any atom is -0.340 e. The van der Waals surface area contributed by atoms with Gasteiger partial charge in [0.2, 0.25) is 15.9 Å². The van der Waals surface area contributed by atoms with Crippen molar-refractivity contribution in [1.29, 1.82) is 0 Å². The van der Waals surface area contributed by atoms with Crippen LogP contribution in [-0.4, -0.2) is 69.3 Å². The number of aromatic nitrogens is 4. The highest BCUT2D eigenvalue weighted by molar-refractivity contribution is 7.89. The monoisotopic (exact) mass is 496 g/mol. The number of carbonyl (C=O) groups excluding carboxylic acids is 1. The topological polar surface area (TPSA) is 101 Å². The number of nitrogens with zero attached hydrogens (tertiary/aromatic N) is 6. The second kappa shape index (κ2) is 8.93. The molecule has 170 valence electrons. The van der Waals surface area contributed by atoms with Gasteiger partial charge in [-0.25, -0.2) is 17.9 Å². The molecule has 0 N–H and O–H groups in total. The number of halogens is 2. The smallest absolute Gasteiger partial charge is 0.252 e. The van der Waals surface area contributed by atoms with Gasteiger partial charge in [-0.15, -0.1) is 0 Å². The summed E-state index contributed by atoms with van der Waals surface area (Å²) in [7, 11) is -3.79. The van der Waals surface area contributed by atoms with E-state index >= 15 is 0 Å². The molecule has 0 unspecified atom stereocenters. The predicted molar refractivity (Wildman–Crippen MR) is 120 cm³/mol. The molecule has 32 heavy (non-hydrogen) atoms. The number of carbonyl (C=O) groups is 1. The Morgan fingerprint density at radius 2 is 1.84 bits per heavy atom. The van der Waals surface area contributed by atoms with Crippen molar-refractivity contribution in [3.63, 3.8) is 0 Å². The number of piperazine rings is 1. The first kappa shape index (κ1) is 22.9. The fourth-order valence-electron chi connectivity index (χ4n) is 3.91. The summed E-state index contributed by atoms with van der Waals surface area (Å²) in [5.74, 6) is 0.507. The van der Waals surface area contributed by atoms with Crippen molar-refractivity contribution in [3.8, 4) is 0 Å². The van der Waals surface area contributed by atoms with Crippen LogP contribution in [0.1, 0.15) is 23.4 Å². The van der Waals surface area contributed by atoms with Gasteiger partial charge in [-0.2, -0.15) is 14.4 Å². The van der Waals surface area contributed by atoms with Gasteiger partial charge in [-0.1, -0.05) is 29.3 Å². The van der Waals surface area contributed by atoms with Crippen molar-refractivity contribution in [2.24, 2.45) is 0 Å². The van der Waals surface area contributed by atoms with Gasteiger partial charge in [0.25, 0.3) is 5.78 Å². The minimum absolute atomic E-state index is 0.0105. The van der Waals surface area contributed by atoms with Crippen molar-refractivity contribution in [3.05, 3.63) is 51.5 Å². The first-order valence-corrected chi connectivity index (χ1v) is 12.3. The number of benzene rings is 1. The zero-order valence-electron chi connectivity index (χ0n) is 17.6. The number of amides is 1. The zero-order valence-corrected chi connectivity index (χ0v) is 20.0. The first-order valence-electron chi connectivity index (χ1n) is 10.1. The van der Waals surface area contributed by atoms with Gasteiger partial charge in [0.15, 0.2) is 0 Å². The van der Waals surface area contributed by atoms with Crippen LogP contribution >= 0.6 is 23.2 Å². The van der Waals surface area contributed by atoms with E-state index in [0.29, 0.717) is 31.7 Å². The van der Waals surface area contributed by atoms with E-state index in [-0.39, 0.29) is 33.9 Å². The first-order chi connectivity index (χ1) is 15.2. The number of sulfonamides is 1. The lowest BCUT2D eigenvalue weighted by Crippen LogP contribution is -2.50. The zero-order chi connectivity index (χ0) is 23.0. The third-order valence-corrected chi connectivity index (χ3v) is 8.57. The summed E-state index contributed by atoms with van der Waals surface area (Å²) in [6.07, 6.45) is 2.28. The molecule has 0 aliphatic carbocycles. The van der Waals surface area contributed by atoms with Crippen LogP contribution in [0.15, 0.2) is 29.4 Å². The van der Waals surface area contributed by atoms with E-state index in [9.17, 15) is 13.2 Å². The number of fused-ring (bicyclic) bond motifs is 1. The molecule has 0 saturated carbocycles. The average Bonchev–Trinajstić information content (AvgIpc) is 3.24. The Labute approximate surface area is 196 Å². The molecular formula is C20H22Cl2N6O3S. The molecule has 0 radical (unpaired) electrons. The van der Waals surface area contributed by atoms with Crippen LogP contribution in [0, 0.1) is 13.8 Å². The van der Waals surface area contributed by atoms with E-state index in [1.165, 1.54) is 16.7 Å². The Hall–Kier alpha value is -2.27. The molecule has 1 aliphatic rings. The molecule has 1 aliphatic heterocycles. The second-order valence-corrected chi connectivity index (χ2v) is 10.3. The maximum atomic E-state index is 13.0. The molecule has 0 bridgehead atoms. The SMILES string of the molecule is Cc1nc2ncnn2c(C)c1CCC(=O)N1CCN(S(=O)(=O)c2cccc(Cl)c2Cl)CC1. The Morgan fingerprint density at radius 3 is 2.56 bits per heavy atom. The van der Waals surface area contributed by atoms with E-state index in [1.807, 2.05) is 13.8 Å². The van der Waals surface area contributed by atoms with Crippen molar-refractivity contribution in [2.45, 2.75) is 31.6 Å². The van der Waals surface area contributed by atoms with E-state index in [1.54, 1.807) is 21.5 Å².